The molecule has 0 aliphatic rings. The molecule has 0 aromatic heterocycles. The Morgan fingerprint density at radius 2 is 1.16 bits per heavy atom. The molecule has 0 bridgehead atoms. The number of hydrogen-bond donors (Lipinski definition) is 0. The SMILES string of the molecule is C=COCOCCOCCOc1ccc(C(C)(C)c2ccc(OCCOCCOC(=O)C=C)cc2)cc1. The minimum Gasteiger partial charge on any atom is -0.491 e. The zero-order valence-electron chi connectivity index (χ0n) is 21.8. The van der Waals surface area contributed by atoms with E-state index < -0.39 is 5.97 Å². The summed E-state index contributed by atoms with van der Waals surface area (Å²) in [5.41, 5.74) is 2.15. The number of carbonyl (C=O) groups excluding carboxylic acids is 1. The standard InChI is InChI=1S/C29H38O8/c1-5-28(30)37-22-19-33-18-21-36-27-13-9-25(10-14-27)29(3,4)24-7-11-26(12-8-24)35-20-17-32-15-16-34-23-31-6-2/h5-14H,1-2,15-23H2,3-4H3. The van der Waals surface area contributed by atoms with E-state index in [2.05, 4.69) is 51.3 Å². The molecule has 2 aromatic carbocycles. The van der Waals surface area contributed by atoms with E-state index >= 15 is 0 Å². The molecular weight excluding hydrogens is 476 g/mol. The van der Waals surface area contributed by atoms with Crippen LogP contribution in [0.5, 0.6) is 11.5 Å². The predicted molar refractivity (Wildman–Crippen MR) is 141 cm³/mol. The van der Waals surface area contributed by atoms with Gasteiger partial charge >= 0.3 is 5.97 Å². The fourth-order valence-electron chi connectivity index (χ4n) is 3.28. The Hall–Kier alpha value is -3.33. The third-order valence-corrected chi connectivity index (χ3v) is 5.42. The van der Waals surface area contributed by atoms with Crippen LogP contribution in [-0.2, 0) is 33.9 Å². The first-order valence-electron chi connectivity index (χ1n) is 12.2. The van der Waals surface area contributed by atoms with Crippen molar-refractivity contribution < 1.29 is 38.0 Å². The van der Waals surface area contributed by atoms with E-state index in [1.165, 1.54) is 17.4 Å². The van der Waals surface area contributed by atoms with Crippen molar-refractivity contribution in [3.05, 3.63) is 85.2 Å². The molecule has 0 atom stereocenters. The number of rotatable bonds is 20. The van der Waals surface area contributed by atoms with E-state index in [0.29, 0.717) is 46.2 Å². The Balaban J connectivity index is 1.70. The second kappa shape index (κ2) is 17.2. The quantitative estimate of drug-likeness (QED) is 0.0829. The molecule has 0 fully saturated rings. The average molecular weight is 515 g/mol. The molecule has 0 saturated heterocycles. The van der Waals surface area contributed by atoms with Crippen molar-refractivity contribution in [2.45, 2.75) is 19.3 Å². The van der Waals surface area contributed by atoms with Crippen LogP contribution in [0.1, 0.15) is 25.0 Å². The number of esters is 1. The predicted octanol–water partition coefficient (Wildman–Crippen LogP) is 4.67. The highest BCUT2D eigenvalue weighted by Gasteiger charge is 2.23. The maximum absolute atomic E-state index is 10.9. The van der Waals surface area contributed by atoms with Crippen LogP contribution in [0.2, 0.25) is 0 Å². The molecule has 0 spiro atoms. The highest BCUT2D eigenvalue weighted by molar-refractivity contribution is 5.81. The number of carbonyl (C=O) groups is 1. The molecule has 0 heterocycles. The van der Waals surface area contributed by atoms with Crippen LogP contribution in [0.3, 0.4) is 0 Å². The van der Waals surface area contributed by atoms with Crippen LogP contribution in [0.15, 0.2) is 74.0 Å². The average Bonchev–Trinajstić information content (AvgIpc) is 2.92. The van der Waals surface area contributed by atoms with Crippen LogP contribution in [0.4, 0.5) is 0 Å². The summed E-state index contributed by atoms with van der Waals surface area (Å²) in [7, 11) is 0. The van der Waals surface area contributed by atoms with Crippen molar-refractivity contribution in [3.63, 3.8) is 0 Å². The summed E-state index contributed by atoms with van der Waals surface area (Å²) in [5, 5.41) is 0. The molecule has 0 unspecified atom stereocenters. The zero-order valence-corrected chi connectivity index (χ0v) is 21.8. The Morgan fingerprint density at radius 3 is 1.65 bits per heavy atom. The van der Waals surface area contributed by atoms with Gasteiger partial charge in [0, 0.05) is 11.5 Å². The summed E-state index contributed by atoms with van der Waals surface area (Å²) in [6.45, 7) is 14.5. The van der Waals surface area contributed by atoms with Crippen LogP contribution >= 0.6 is 0 Å². The van der Waals surface area contributed by atoms with E-state index in [0.717, 1.165) is 17.6 Å². The topological polar surface area (TPSA) is 81.7 Å². The minimum absolute atomic E-state index is 0.179. The van der Waals surface area contributed by atoms with Gasteiger partial charge in [0.05, 0.1) is 39.3 Å². The van der Waals surface area contributed by atoms with Gasteiger partial charge in [-0.2, -0.15) is 0 Å². The lowest BCUT2D eigenvalue weighted by Gasteiger charge is -2.26. The van der Waals surface area contributed by atoms with Crippen molar-refractivity contribution in [2.24, 2.45) is 0 Å². The summed E-state index contributed by atoms with van der Waals surface area (Å²) in [4.78, 5) is 10.9. The highest BCUT2D eigenvalue weighted by Crippen LogP contribution is 2.33. The van der Waals surface area contributed by atoms with Crippen molar-refractivity contribution >= 4 is 5.97 Å². The minimum atomic E-state index is -0.456. The maximum atomic E-state index is 10.9. The van der Waals surface area contributed by atoms with E-state index in [-0.39, 0.29) is 18.8 Å². The first-order chi connectivity index (χ1) is 18.0. The Bertz CT molecular complexity index is 922. The molecule has 0 N–H and O–H groups in total. The van der Waals surface area contributed by atoms with Gasteiger partial charge in [0.2, 0.25) is 0 Å². The summed E-state index contributed by atoms with van der Waals surface area (Å²) in [5.74, 6) is 1.11. The summed E-state index contributed by atoms with van der Waals surface area (Å²) in [6, 6.07) is 16.2. The molecular formula is C29H38O8. The number of hydrogen-bond acceptors (Lipinski definition) is 8. The molecule has 0 amide bonds. The molecule has 2 aromatic rings. The summed E-state index contributed by atoms with van der Waals surface area (Å²) in [6.07, 6.45) is 2.46. The van der Waals surface area contributed by atoms with Crippen LogP contribution in [0, 0.1) is 0 Å². The summed E-state index contributed by atoms with van der Waals surface area (Å²) < 4.78 is 37.3. The third-order valence-electron chi connectivity index (χ3n) is 5.42. The van der Waals surface area contributed by atoms with Gasteiger partial charge in [-0.05, 0) is 35.4 Å². The number of ether oxygens (including phenoxy) is 7. The molecule has 0 radical (unpaired) electrons. The molecule has 2 rings (SSSR count). The zero-order chi connectivity index (χ0) is 26.8. The van der Waals surface area contributed by atoms with E-state index in [4.69, 9.17) is 33.2 Å². The molecule has 0 saturated carbocycles. The first kappa shape index (κ1) is 29.9. The lowest BCUT2D eigenvalue weighted by Crippen LogP contribution is -2.19. The molecule has 8 heteroatoms. The molecule has 37 heavy (non-hydrogen) atoms. The monoisotopic (exact) mass is 514 g/mol. The van der Waals surface area contributed by atoms with E-state index in [9.17, 15) is 4.79 Å². The van der Waals surface area contributed by atoms with Crippen LogP contribution in [-0.4, -0.2) is 65.6 Å². The highest BCUT2D eigenvalue weighted by atomic mass is 16.7. The fourth-order valence-corrected chi connectivity index (χ4v) is 3.28. The van der Waals surface area contributed by atoms with Crippen molar-refractivity contribution in [1.29, 1.82) is 0 Å². The normalized spacial score (nSPS) is 11.0. The van der Waals surface area contributed by atoms with Crippen molar-refractivity contribution in [3.8, 4) is 11.5 Å². The molecule has 202 valence electrons. The lowest BCUT2D eigenvalue weighted by molar-refractivity contribution is -0.139. The van der Waals surface area contributed by atoms with Crippen LogP contribution in [0.25, 0.3) is 0 Å². The fraction of sp³-hybridized carbons (Fsp3) is 0.414. The third kappa shape index (κ3) is 11.5. The Morgan fingerprint density at radius 1 is 0.703 bits per heavy atom. The molecule has 8 nitrogen and oxygen atoms in total. The summed E-state index contributed by atoms with van der Waals surface area (Å²) >= 11 is 0. The van der Waals surface area contributed by atoms with Gasteiger partial charge < -0.3 is 33.2 Å². The second-order valence-electron chi connectivity index (χ2n) is 8.33. The van der Waals surface area contributed by atoms with Gasteiger partial charge in [-0.15, -0.1) is 0 Å². The molecule has 0 aliphatic heterocycles. The Kier molecular flexibility index (Phi) is 13.9. The van der Waals surface area contributed by atoms with Crippen molar-refractivity contribution in [1.82, 2.24) is 0 Å². The van der Waals surface area contributed by atoms with Gasteiger partial charge in [0.25, 0.3) is 0 Å². The van der Waals surface area contributed by atoms with Gasteiger partial charge in [-0.3, -0.25) is 0 Å². The Labute approximate surface area is 219 Å². The molecule has 0 aliphatic carbocycles. The lowest BCUT2D eigenvalue weighted by atomic mass is 9.78. The van der Waals surface area contributed by atoms with Gasteiger partial charge in [-0.25, -0.2) is 4.79 Å². The van der Waals surface area contributed by atoms with E-state index in [1.54, 1.807) is 0 Å². The number of benzene rings is 2. The van der Waals surface area contributed by atoms with Crippen molar-refractivity contribution in [2.75, 3.05) is 59.6 Å². The van der Waals surface area contributed by atoms with E-state index in [1.807, 2.05) is 24.3 Å². The van der Waals surface area contributed by atoms with Crippen LogP contribution < -0.4 is 9.47 Å². The largest absolute Gasteiger partial charge is 0.491 e. The van der Waals surface area contributed by atoms with Gasteiger partial charge in [0.1, 0.15) is 31.3 Å². The van der Waals surface area contributed by atoms with Gasteiger partial charge in [0.15, 0.2) is 6.79 Å². The smallest absolute Gasteiger partial charge is 0.330 e. The van der Waals surface area contributed by atoms with Gasteiger partial charge in [-0.1, -0.05) is 51.3 Å². The maximum Gasteiger partial charge on any atom is 0.330 e. The first-order valence-corrected chi connectivity index (χ1v) is 12.2. The second-order valence-corrected chi connectivity index (χ2v) is 8.33.